The van der Waals surface area contributed by atoms with Crippen LogP contribution >= 0.6 is 0 Å². The maximum atomic E-state index is 12.4. The van der Waals surface area contributed by atoms with Crippen molar-refractivity contribution >= 4 is 5.91 Å². The molecule has 0 saturated carbocycles. The smallest absolute Gasteiger partial charge is 0.391 e. The van der Waals surface area contributed by atoms with E-state index in [2.05, 4.69) is 5.32 Å². The number of aliphatic hydroxyl groups is 1. The fraction of sp³-hybridized carbons (Fsp3) is 0.500. The molecule has 0 fully saturated rings. The maximum absolute atomic E-state index is 12.4. The number of hydrogen-bond donors (Lipinski definition) is 2. The lowest BCUT2D eigenvalue weighted by Crippen LogP contribution is -2.35. The number of benzene rings is 1. The summed E-state index contributed by atoms with van der Waals surface area (Å²) < 4.78 is 37.1. The Hall–Kier alpha value is -1.56. The minimum absolute atomic E-state index is 0.0110. The number of carbonyl (C=O) groups is 1. The van der Waals surface area contributed by atoms with E-state index in [1.165, 1.54) is 12.1 Å². The summed E-state index contributed by atoms with van der Waals surface area (Å²) in [4.78, 5) is 11.6. The van der Waals surface area contributed by atoms with Gasteiger partial charge in [-0.2, -0.15) is 13.2 Å². The van der Waals surface area contributed by atoms with Crippen molar-refractivity contribution in [3.8, 4) is 0 Å². The van der Waals surface area contributed by atoms with Gasteiger partial charge in [0.05, 0.1) is 18.1 Å². The van der Waals surface area contributed by atoms with Gasteiger partial charge in [-0.3, -0.25) is 4.79 Å². The largest absolute Gasteiger partial charge is 0.416 e. The molecule has 0 saturated heterocycles. The van der Waals surface area contributed by atoms with Crippen molar-refractivity contribution in [2.45, 2.75) is 32.5 Å². The van der Waals surface area contributed by atoms with Crippen molar-refractivity contribution in [3.63, 3.8) is 0 Å². The van der Waals surface area contributed by atoms with Crippen molar-refractivity contribution in [1.82, 2.24) is 5.32 Å². The molecule has 0 radical (unpaired) electrons. The van der Waals surface area contributed by atoms with Crippen molar-refractivity contribution in [1.29, 1.82) is 0 Å². The molecule has 1 unspecified atom stereocenters. The summed E-state index contributed by atoms with van der Waals surface area (Å²) >= 11 is 0. The number of amides is 1. The molecule has 0 bridgehead atoms. The second-order valence-electron chi connectivity index (χ2n) is 4.99. The first-order valence-electron chi connectivity index (χ1n) is 6.31. The minimum Gasteiger partial charge on any atom is -0.391 e. The van der Waals surface area contributed by atoms with Gasteiger partial charge in [-0.25, -0.2) is 0 Å². The number of carbonyl (C=O) groups excluding carboxylic acids is 1. The van der Waals surface area contributed by atoms with Crippen LogP contribution in [0.5, 0.6) is 0 Å². The van der Waals surface area contributed by atoms with E-state index in [-0.39, 0.29) is 24.8 Å². The van der Waals surface area contributed by atoms with E-state index in [9.17, 15) is 23.1 Å². The van der Waals surface area contributed by atoms with Gasteiger partial charge in [0.2, 0.25) is 5.91 Å². The molecule has 0 spiro atoms. The molecule has 0 heterocycles. The number of nitrogens with one attached hydrogen (secondary N) is 1. The van der Waals surface area contributed by atoms with Gasteiger partial charge in [-0.05, 0) is 23.6 Å². The van der Waals surface area contributed by atoms with Crippen LogP contribution in [0.4, 0.5) is 13.2 Å². The van der Waals surface area contributed by atoms with E-state index in [4.69, 9.17) is 0 Å². The molecule has 1 rings (SSSR count). The molecule has 0 aliphatic carbocycles. The summed E-state index contributed by atoms with van der Waals surface area (Å²) in [5, 5.41) is 12.1. The van der Waals surface area contributed by atoms with Gasteiger partial charge >= 0.3 is 6.18 Å². The zero-order valence-corrected chi connectivity index (χ0v) is 11.4. The fourth-order valence-electron chi connectivity index (χ4n) is 1.51. The third-order valence-electron chi connectivity index (χ3n) is 2.92. The molecule has 0 aromatic heterocycles. The van der Waals surface area contributed by atoms with E-state index in [0.717, 1.165) is 12.1 Å². The van der Waals surface area contributed by atoms with Gasteiger partial charge in [-0.1, -0.05) is 26.0 Å². The van der Waals surface area contributed by atoms with Gasteiger partial charge in [0.15, 0.2) is 0 Å². The quantitative estimate of drug-likeness (QED) is 0.874. The Morgan fingerprint density at radius 1 is 1.25 bits per heavy atom. The van der Waals surface area contributed by atoms with Crippen molar-refractivity contribution in [3.05, 3.63) is 35.4 Å². The van der Waals surface area contributed by atoms with Crippen LogP contribution in [-0.4, -0.2) is 23.7 Å². The third kappa shape index (κ3) is 5.21. The van der Waals surface area contributed by atoms with Crippen LogP contribution < -0.4 is 5.32 Å². The first-order valence-corrected chi connectivity index (χ1v) is 6.31. The second-order valence-corrected chi connectivity index (χ2v) is 4.99. The van der Waals surface area contributed by atoms with E-state index in [1.54, 1.807) is 0 Å². The number of hydrogen-bond acceptors (Lipinski definition) is 2. The Morgan fingerprint density at radius 3 is 2.25 bits per heavy atom. The van der Waals surface area contributed by atoms with E-state index >= 15 is 0 Å². The minimum atomic E-state index is -4.37. The van der Waals surface area contributed by atoms with Crippen LogP contribution in [0.3, 0.4) is 0 Å². The normalized spacial score (nSPS) is 13.3. The Kier molecular flexibility index (Phi) is 5.56. The molecule has 0 aliphatic heterocycles. The molecular formula is C14H18F3NO2. The average Bonchev–Trinajstić information content (AvgIpc) is 2.35. The summed E-state index contributed by atoms with van der Waals surface area (Å²) in [6, 6.07) is 4.46. The fourth-order valence-corrected chi connectivity index (χ4v) is 1.51. The zero-order valence-electron chi connectivity index (χ0n) is 11.4. The Labute approximate surface area is 115 Å². The molecule has 1 amide bonds. The molecule has 6 heteroatoms. The van der Waals surface area contributed by atoms with Gasteiger partial charge in [0, 0.05) is 6.54 Å². The molecule has 1 aromatic rings. The topological polar surface area (TPSA) is 49.3 Å². The number of aliphatic hydroxyl groups excluding tert-OH is 1. The van der Waals surface area contributed by atoms with Crippen LogP contribution in [-0.2, 0) is 17.4 Å². The van der Waals surface area contributed by atoms with Crippen LogP contribution in [0.1, 0.15) is 25.0 Å². The summed E-state index contributed by atoms with van der Waals surface area (Å²) in [5.41, 5.74) is -0.244. The SMILES string of the molecule is CC(C)C(O)CNC(=O)Cc1ccc(C(F)(F)F)cc1. The van der Waals surface area contributed by atoms with Gasteiger partial charge < -0.3 is 10.4 Å². The van der Waals surface area contributed by atoms with Crippen LogP contribution in [0.25, 0.3) is 0 Å². The lowest BCUT2D eigenvalue weighted by molar-refractivity contribution is -0.137. The van der Waals surface area contributed by atoms with Crippen molar-refractivity contribution < 1.29 is 23.1 Å². The highest BCUT2D eigenvalue weighted by molar-refractivity contribution is 5.78. The third-order valence-corrected chi connectivity index (χ3v) is 2.92. The molecular weight excluding hydrogens is 271 g/mol. The summed E-state index contributed by atoms with van der Waals surface area (Å²) in [6.07, 6.45) is -5.02. The molecule has 3 nitrogen and oxygen atoms in total. The molecule has 1 atom stereocenters. The van der Waals surface area contributed by atoms with Gasteiger partial charge in [0.25, 0.3) is 0 Å². The van der Waals surface area contributed by atoms with Crippen molar-refractivity contribution in [2.24, 2.45) is 5.92 Å². The van der Waals surface area contributed by atoms with Gasteiger partial charge in [0.1, 0.15) is 0 Å². The molecule has 1 aromatic carbocycles. The van der Waals surface area contributed by atoms with Crippen LogP contribution in [0.2, 0.25) is 0 Å². The first kappa shape index (κ1) is 16.5. The molecule has 20 heavy (non-hydrogen) atoms. The Balaban J connectivity index is 2.51. The van der Waals surface area contributed by atoms with E-state index < -0.39 is 17.8 Å². The van der Waals surface area contributed by atoms with Crippen LogP contribution in [0.15, 0.2) is 24.3 Å². The Bertz CT molecular complexity index is 441. The molecule has 2 N–H and O–H groups in total. The predicted octanol–water partition coefficient (Wildman–Crippen LogP) is 2.38. The zero-order chi connectivity index (χ0) is 15.3. The predicted molar refractivity (Wildman–Crippen MR) is 69.0 cm³/mol. The monoisotopic (exact) mass is 289 g/mol. The van der Waals surface area contributed by atoms with Gasteiger partial charge in [-0.15, -0.1) is 0 Å². The van der Waals surface area contributed by atoms with E-state index in [0.29, 0.717) is 5.56 Å². The van der Waals surface area contributed by atoms with Crippen molar-refractivity contribution in [2.75, 3.05) is 6.54 Å². The standard InChI is InChI=1S/C14H18F3NO2/c1-9(2)12(19)8-18-13(20)7-10-3-5-11(6-4-10)14(15,16)17/h3-6,9,12,19H,7-8H2,1-2H3,(H,18,20). The highest BCUT2D eigenvalue weighted by atomic mass is 19.4. The lowest BCUT2D eigenvalue weighted by Gasteiger charge is -2.15. The van der Waals surface area contributed by atoms with E-state index in [1.807, 2.05) is 13.8 Å². The Morgan fingerprint density at radius 2 is 1.80 bits per heavy atom. The highest BCUT2D eigenvalue weighted by Crippen LogP contribution is 2.29. The highest BCUT2D eigenvalue weighted by Gasteiger charge is 2.29. The summed E-state index contributed by atoms with van der Waals surface area (Å²) in [7, 11) is 0. The summed E-state index contributed by atoms with van der Waals surface area (Å²) in [5.74, 6) is -0.300. The number of alkyl halides is 3. The maximum Gasteiger partial charge on any atom is 0.416 e. The first-order chi connectivity index (χ1) is 9.20. The number of halogens is 3. The van der Waals surface area contributed by atoms with Crippen LogP contribution in [0, 0.1) is 5.92 Å². The average molecular weight is 289 g/mol. The second kappa shape index (κ2) is 6.74. The molecule has 0 aliphatic rings. The summed E-state index contributed by atoms with van der Waals surface area (Å²) in [6.45, 7) is 3.79. The number of rotatable bonds is 5. The lowest BCUT2D eigenvalue weighted by atomic mass is 10.1. The molecule has 112 valence electrons.